The number of rotatable bonds is 5. The number of fused-ring (bicyclic) bond motifs is 1. The molecule has 0 aliphatic heterocycles. The van der Waals surface area contributed by atoms with Crippen molar-refractivity contribution in [3.63, 3.8) is 0 Å². The number of ether oxygens (including phenoxy) is 1. The number of benzene rings is 2. The lowest BCUT2D eigenvalue weighted by Crippen LogP contribution is -2.35. The van der Waals surface area contributed by atoms with E-state index in [-0.39, 0.29) is 5.75 Å². The normalized spacial score (nSPS) is 10.9. The summed E-state index contributed by atoms with van der Waals surface area (Å²) >= 11 is 4.57. The Balaban J connectivity index is 1.59. The quantitative estimate of drug-likeness (QED) is 0.450. The molecule has 0 aliphatic rings. The first-order valence-electron chi connectivity index (χ1n) is 8.88. The van der Waals surface area contributed by atoms with Crippen LogP contribution in [0.2, 0.25) is 0 Å². The summed E-state index contributed by atoms with van der Waals surface area (Å²) in [6.07, 6.45) is 1.26. The number of aryl methyl sites for hydroxylation is 1. The maximum absolute atomic E-state index is 13.8. The van der Waals surface area contributed by atoms with Gasteiger partial charge in [-0.1, -0.05) is 46.3 Å². The Bertz CT molecular complexity index is 1300. The van der Waals surface area contributed by atoms with Crippen LogP contribution in [0.3, 0.4) is 0 Å². The molecule has 1 amide bonds. The zero-order valence-electron chi connectivity index (χ0n) is 15.7. The Labute approximate surface area is 183 Å². The Morgan fingerprint density at radius 1 is 1.27 bits per heavy atom. The van der Waals surface area contributed by atoms with E-state index in [2.05, 4.69) is 26.3 Å². The van der Waals surface area contributed by atoms with Crippen molar-refractivity contribution in [3.8, 4) is 16.9 Å². The van der Waals surface area contributed by atoms with Crippen LogP contribution in [0.4, 0.5) is 4.39 Å². The van der Waals surface area contributed by atoms with Gasteiger partial charge < -0.3 is 4.74 Å². The van der Waals surface area contributed by atoms with E-state index in [0.717, 1.165) is 20.7 Å². The van der Waals surface area contributed by atoms with Crippen molar-refractivity contribution < 1.29 is 13.9 Å². The van der Waals surface area contributed by atoms with Crippen molar-refractivity contribution in [2.75, 3.05) is 12.0 Å². The molecular formula is C21H15BrFN3O3S. The maximum Gasteiger partial charge on any atom is 0.281 e. The van der Waals surface area contributed by atoms with Crippen molar-refractivity contribution in [3.05, 3.63) is 80.4 Å². The number of carbonyl (C=O) groups excluding carboxylic acids is 1. The summed E-state index contributed by atoms with van der Waals surface area (Å²) in [6, 6.07) is 13.8. The fraction of sp³-hybridized carbons (Fsp3) is 0.0952. The van der Waals surface area contributed by atoms with E-state index in [1.54, 1.807) is 6.07 Å². The van der Waals surface area contributed by atoms with Gasteiger partial charge in [-0.3, -0.25) is 15.0 Å². The second kappa shape index (κ2) is 8.37. The first-order chi connectivity index (χ1) is 14.4. The predicted molar refractivity (Wildman–Crippen MR) is 118 cm³/mol. The topological polar surface area (TPSA) is 73.2 Å². The Morgan fingerprint density at radius 3 is 2.77 bits per heavy atom. The monoisotopic (exact) mass is 487 g/mol. The average Bonchev–Trinajstić information content (AvgIpc) is 3.07. The second-order valence-electron chi connectivity index (χ2n) is 6.40. The van der Waals surface area contributed by atoms with E-state index < -0.39 is 23.9 Å². The molecule has 6 nitrogen and oxygen atoms in total. The van der Waals surface area contributed by atoms with Crippen LogP contribution in [0, 0.1) is 12.7 Å². The highest BCUT2D eigenvalue weighted by atomic mass is 79.9. The zero-order chi connectivity index (χ0) is 21.3. The third-order valence-corrected chi connectivity index (χ3v) is 5.86. The van der Waals surface area contributed by atoms with E-state index in [0.29, 0.717) is 14.7 Å². The number of halogens is 2. The number of carbonyl (C=O) groups is 1. The molecule has 4 aromatic rings. The summed E-state index contributed by atoms with van der Waals surface area (Å²) in [5.41, 5.74) is 3.74. The van der Waals surface area contributed by atoms with E-state index in [4.69, 9.17) is 4.74 Å². The molecule has 9 heteroatoms. The minimum Gasteiger partial charge on any atom is -0.481 e. The lowest BCUT2D eigenvalue weighted by Gasteiger charge is -2.10. The van der Waals surface area contributed by atoms with Crippen LogP contribution in [0.15, 0.2) is 64.1 Å². The smallest absolute Gasteiger partial charge is 0.281 e. The number of aromatic nitrogens is 2. The van der Waals surface area contributed by atoms with Crippen molar-refractivity contribution >= 4 is 43.4 Å². The van der Waals surface area contributed by atoms with Gasteiger partial charge in [-0.25, -0.2) is 14.1 Å². The van der Waals surface area contributed by atoms with Gasteiger partial charge in [0.25, 0.3) is 11.5 Å². The summed E-state index contributed by atoms with van der Waals surface area (Å²) in [5.74, 6) is -1.28. The first-order valence-corrected chi connectivity index (χ1v) is 10.5. The van der Waals surface area contributed by atoms with Gasteiger partial charge in [0.05, 0.1) is 5.39 Å². The Hall–Kier alpha value is -3.04. The fourth-order valence-corrected chi connectivity index (χ4v) is 4.37. The molecule has 0 bridgehead atoms. The standard InChI is InChI=1S/C21H15BrFN3O3S/c1-12-18(13-5-3-2-4-6-13)19-20(30-12)24-11-26(21(19)28)25-17(27)10-29-16-8-7-14(22)9-15(16)23/h2-9,11H,10H2,1H3,(H,25,27). The van der Waals surface area contributed by atoms with Crippen molar-refractivity contribution in [1.29, 1.82) is 0 Å². The highest BCUT2D eigenvalue weighted by Crippen LogP contribution is 2.35. The predicted octanol–water partition coefficient (Wildman–Crippen LogP) is 4.48. The highest BCUT2D eigenvalue weighted by Gasteiger charge is 2.17. The van der Waals surface area contributed by atoms with E-state index in [1.807, 2.05) is 37.3 Å². The molecule has 0 spiro atoms. The summed E-state index contributed by atoms with van der Waals surface area (Å²) in [7, 11) is 0. The van der Waals surface area contributed by atoms with Gasteiger partial charge in [-0.05, 0) is 30.7 Å². The van der Waals surface area contributed by atoms with Crippen LogP contribution < -0.4 is 15.7 Å². The third kappa shape index (κ3) is 3.99. The maximum atomic E-state index is 13.8. The first kappa shape index (κ1) is 20.2. The molecule has 2 aromatic heterocycles. The fourth-order valence-electron chi connectivity index (χ4n) is 3.04. The molecule has 0 saturated heterocycles. The molecule has 0 radical (unpaired) electrons. The van der Waals surface area contributed by atoms with Gasteiger partial charge >= 0.3 is 0 Å². The van der Waals surface area contributed by atoms with Gasteiger partial charge in [-0.15, -0.1) is 11.3 Å². The molecule has 152 valence electrons. The molecule has 0 fully saturated rings. The second-order valence-corrected chi connectivity index (χ2v) is 8.52. The van der Waals surface area contributed by atoms with Crippen molar-refractivity contribution in [2.45, 2.75) is 6.92 Å². The minimum absolute atomic E-state index is 0.0610. The molecule has 2 heterocycles. The third-order valence-electron chi connectivity index (χ3n) is 4.35. The summed E-state index contributed by atoms with van der Waals surface area (Å²) in [6.45, 7) is 1.47. The number of hydrogen-bond donors (Lipinski definition) is 1. The van der Waals surface area contributed by atoms with Crippen LogP contribution in [0.5, 0.6) is 5.75 Å². The molecule has 4 rings (SSSR count). The lowest BCUT2D eigenvalue weighted by atomic mass is 10.0. The van der Waals surface area contributed by atoms with Gasteiger partial charge in [0.2, 0.25) is 0 Å². The van der Waals surface area contributed by atoms with Crippen molar-refractivity contribution in [2.24, 2.45) is 0 Å². The van der Waals surface area contributed by atoms with Gasteiger partial charge in [0.1, 0.15) is 11.2 Å². The molecule has 0 saturated carbocycles. The van der Waals surface area contributed by atoms with E-state index >= 15 is 0 Å². The van der Waals surface area contributed by atoms with Crippen molar-refractivity contribution in [1.82, 2.24) is 9.66 Å². The Morgan fingerprint density at radius 2 is 2.03 bits per heavy atom. The van der Waals surface area contributed by atoms with Crippen LogP contribution in [-0.4, -0.2) is 22.2 Å². The molecule has 0 atom stereocenters. The molecule has 0 unspecified atom stereocenters. The lowest BCUT2D eigenvalue weighted by molar-refractivity contribution is -0.119. The van der Waals surface area contributed by atoms with Crippen LogP contribution in [0.1, 0.15) is 4.88 Å². The van der Waals surface area contributed by atoms with Gasteiger partial charge in [-0.2, -0.15) is 0 Å². The molecule has 2 aromatic carbocycles. The van der Waals surface area contributed by atoms with Gasteiger partial charge in [0.15, 0.2) is 18.2 Å². The number of hydrogen-bond acceptors (Lipinski definition) is 5. The zero-order valence-corrected chi connectivity index (χ0v) is 18.1. The summed E-state index contributed by atoms with van der Waals surface area (Å²) in [4.78, 5) is 31.2. The minimum atomic E-state index is -0.617. The van der Waals surface area contributed by atoms with E-state index in [9.17, 15) is 14.0 Å². The number of amides is 1. The number of thiophene rings is 1. The highest BCUT2D eigenvalue weighted by molar-refractivity contribution is 9.10. The number of nitrogens with zero attached hydrogens (tertiary/aromatic N) is 2. The summed E-state index contributed by atoms with van der Waals surface area (Å²) < 4.78 is 20.6. The van der Waals surface area contributed by atoms with Crippen LogP contribution in [-0.2, 0) is 4.79 Å². The molecule has 30 heavy (non-hydrogen) atoms. The van der Waals surface area contributed by atoms with Gasteiger partial charge in [0, 0.05) is 14.9 Å². The largest absolute Gasteiger partial charge is 0.481 e. The average molecular weight is 488 g/mol. The number of nitrogens with one attached hydrogen (secondary N) is 1. The molecule has 0 aliphatic carbocycles. The summed E-state index contributed by atoms with van der Waals surface area (Å²) in [5, 5.41) is 0.436. The molecule has 1 N–H and O–H groups in total. The van der Waals surface area contributed by atoms with E-state index in [1.165, 1.54) is 29.8 Å². The van der Waals surface area contributed by atoms with Crippen LogP contribution in [0.25, 0.3) is 21.3 Å². The van der Waals surface area contributed by atoms with Crippen LogP contribution >= 0.6 is 27.3 Å². The Kier molecular flexibility index (Phi) is 5.65. The SMILES string of the molecule is Cc1sc2ncn(NC(=O)COc3ccc(Br)cc3F)c(=O)c2c1-c1ccccc1. The molecular weight excluding hydrogens is 473 g/mol.